The Morgan fingerprint density at radius 3 is 2.25 bits per heavy atom. The van der Waals surface area contributed by atoms with Crippen molar-refractivity contribution < 1.29 is 0 Å². The summed E-state index contributed by atoms with van der Waals surface area (Å²) in [5, 5.41) is 3.65. The summed E-state index contributed by atoms with van der Waals surface area (Å²) in [6, 6.07) is 0.551. The van der Waals surface area contributed by atoms with E-state index in [1.165, 1.54) is 57.8 Å². The van der Waals surface area contributed by atoms with Crippen molar-refractivity contribution in [2.24, 2.45) is 0 Å². The van der Waals surface area contributed by atoms with Gasteiger partial charge in [0, 0.05) is 17.5 Å². The molecule has 3 rings (SSSR count). The van der Waals surface area contributed by atoms with E-state index in [0.29, 0.717) is 17.8 Å². The molecule has 0 unspecified atom stereocenters. The van der Waals surface area contributed by atoms with Gasteiger partial charge in [0.05, 0.1) is 0 Å². The molecular weight excluding hydrogens is 248 g/mol. The van der Waals surface area contributed by atoms with Gasteiger partial charge < -0.3 is 11.1 Å². The second-order valence-corrected chi connectivity index (χ2v) is 6.40. The maximum atomic E-state index is 6.06. The van der Waals surface area contributed by atoms with Crippen molar-refractivity contribution in [2.45, 2.75) is 76.7 Å². The summed E-state index contributed by atoms with van der Waals surface area (Å²) in [5.74, 6) is 3.12. The van der Waals surface area contributed by atoms with E-state index in [-0.39, 0.29) is 0 Å². The van der Waals surface area contributed by atoms with Gasteiger partial charge in [-0.25, -0.2) is 9.97 Å². The molecule has 20 heavy (non-hydrogen) atoms. The highest BCUT2D eigenvalue weighted by Gasteiger charge is 2.28. The molecule has 3 N–H and O–H groups in total. The van der Waals surface area contributed by atoms with E-state index in [9.17, 15) is 0 Å². The molecule has 0 atom stereocenters. The second-order valence-electron chi connectivity index (χ2n) is 6.40. The largest absolute Gasteiger partial charge is 0.383 e. The van der Waals surface area contributed by atoms with Crippen molar-refractivity contribution >= 4 is 11.6 Å². The van der Waals surface area contributed by atoms with Crippen molar-refractivity contribution in [3.05, 3.63) is 11.4 Å². The van der Waals surface area contributed by atoms with Crippen LogP contribution in [0.2, 0.25) is 0 Å². The Bertz CT molecular complexity index is 460. The predicted octanol–water partition coefficient (Wildman–Crippen LogP) is 3.77. The lowest BCUT2D eigenvalue weighted by Crippen LogP contribution is -2.22. The van der Waals surface area contributed by atoms with Gasteiger partial charge in [0.15, 0.2) is 0 Å². The minimum atomic E-state index is 0.551. The zero-order valence-electron chi connectivity index (χ0n) is 12.5. The summed E-state index contributed by atoms with van der Waals surface area (Å²) < 4.78 is 0. The smallest absolute Gasteiger partial charge is 0.136 e. The monoisotopic (exact) mass is 274 g/mol. The van der Waals surface area contributed by atoms with Crippen molar-refractivity contribution in [1.29, 1.82) is 0 Å². The Kier molecular flexibility index (Phi) is 4.08. The number of nitrogens with one attached hydrogen (secondary N) is 1. The number of hydrogen-bond donors (Lipinski definition) is 2. The van der Waals surface area contributed by atoms with E-state index in [0.717, 1.165) is 17.2 Å². The van der Waals surface area contributed by atoms with E-state index >= 15 is 0 Å². The van der Waals surface area contributed by atoms with Gasteiger partial charge in [0.2, 0.25) is 0 Å². The van der Waals surface area contributed by atoms with E-state index in [1.807, 2.05) is 6.92 Å². The van der Waals surface area contributed by atoms with E-state index in [4.69, 9.17) is 10.7 Å². The minimum absolute atomic E-state index is 0.551. The standard InChI is InChI=1S/C16H26N4/c1-11-14(17)19-16(12-9-10-12)20-15(11)18-13-7-5-3-2-4-6-8-13/h12-13H,2-10H2,1H3,(H3,17,18,19,20). The molecule has 0 spiro atoms. The number of nitrogen functional groups attached to an aromatic ring is 1. The van der Waals surface area contributed by atoms with Crippen LogP contribution in [0.5, 0.6) is 0 Å². The Labute approximate surface area is 121 Å². The Morgan fingerprint density at radius 2 is 1.60 bits per heavy atom. The highest BCUT2D eigenvalue weighted by molar-refractivity contribution is 5.55. The summed E-state index contributed by atoms with van der Waals surface area (Å²) in [5.41, 5.74) is 7.07. The van der Waals surface area contributed by atoms with Gasteiger partial charge in [-0.3, -0.25) is 0 Å². The first-order valence-electron chi connectivity index (χ1n) is 8.14. The highest BCUT2D eigenvalue weighted by atomic mass is 15.1. The van der Waals surface area contributed by atoms with Crippen LogP contribution in [0.25, 0.3) is 0 Å². The normalized spacial score (nSPS) is 21.2. The Morgan fingerprint density at radius 1 is 0.950 bits per heavy atom. The first-order chi connectivity index (χ1) is 9.74. The van der Waals surface area contributed by atoms with Crippen molar-refractivity contribution in [2.75, 3.05) is 11.1 Å². The third-order valence-corrected chi connectivity index (χ3v) is 4.59. The van der Waals surface area contributed by atoms with Crippen molar-refractivity contribution in [1.82, 2.24) is 9.97 Å². The summed E-state index contributed by atoms with van der Waals surface area (Å²) in [6.07, 6.45) is 11.7. The molecular formula is C16H26N4. The molecule has 0 radical (unpaired) electrons. The molecule has 0 saturated heterocycles. The zero-order valence-corrected chi connectivity index (χ0v) is 12.5. The molecule has 0 amide bonds. The Hall–Kier alpha value is -1.32. The SMILES string of the molecule is Cc1c(N)nc(C2CC2)nc1NC1CCCCCCC1. The van der Waals surface area contributed by atoms with Crippen LogP contribution in [0.1, 0.15) is 75.1 Å². The molecule has 2 fully saturated rings. The lowest BCUT2D eigenvalue weighted by molar-refractivity contribution is 0.470. The third kappa shape index (κ3) is 3.22. The summed E-state index contributed by atoms with van der Waals surface area (Å²) in [7, 11) is 0. The Balaban J connectivity index is 1.74. The van der Waals surface area contributed by atoms with Gasteiger partial charge in [0.1, 0.15) is 17.5 Å². The predicted molar refractivity (Wildman–Crippen MR) is 82.9 cm³/mol. The molecule has 0 aliphatic heterocycles. The summed E-state index contributed by atoms with van der Waals surface area (Å²) in [6.45, 7) is 2.03. The van der Waals surface area contributed by atoms with Crippen LogP contribution in [0.3, 0.4) is 0 Å². The minimum Gasteiger partial charge on any atom is -0.383 e. The average Bonchev–Trinajstić information content (AvgIpc) is 3.21. The summed E-state index contributed by atoms with van der Waals surface area (Å²) in [4.78, 5) is 9.19. The van der Waals surface area contributed by atoms with Crippen molar-refractivity contribution in [3.63, 3.8) is 0 Å². The highest BCUT2D eigenvalue weighted by Crippen LogP contribution is 2.39. The molecule has 4 nitrogen and oxygen atoms in total. The van der Waals surface area contributed by atoms with Gasteiger partial charge >= 0.3 is 0 Å². The number of nitrogens with zero attached hydrogens (tertiary/aromatic N) is 2. The van der Waals surface area contributed by atoms with Crippen LogP contribution in [-0.2, 0) is 0 Å². The van der Waals surface area contributed by atoms with Crippen LogP contribution in [0.4, 0.5) is 11.6 Å². The second kappa shape index (κ2) is 5.98. The first kappa shape index (κ1) is 13.7. The maximum absolute atomic E-state index is 6.06. The number of anilines is 2. The molecule has 4 heteroatoms. The van der Waals surface area contributed by atoms with Crippen LogP contribution >= 0.6 is 0 Å². The number of nitrogens with two attached hydrogens (primary N) is 1. The lowest BCUT2D eigenvalue weighted by atomic mass is 9.96. The molecule has 1 aromatic heterocycles. The fourth-order valence-corrected chi connectivity index (χ4v) is 3.01. The quantitative estimate of drug-likeness (QED) is 0.880. The fraction of sp³-hybridized carbons (Fsp3) is 0.750. The molecule has 110 valence electrons. The topological polar surface area (TPSA) is 63.8 Å². The maximum Gasteiger partial charge on any atom is 0.136 e. The van der Waals surface area contributed by atoms with Gasteiger partial charge in [-0.15, -0.1) is 0 Å². The molecule has 0 bridgehead atoms. The summed E-state index contributed by atoms with van der Waals surface area (Å²) >= 11 is 0. The average molecular weight is 274 g/mol. The van der Waals surface area contributed by atoms with Crippen LogP contribution in [0, 0.1) is 6.92 Å². The number of aromatic nitrogens is 2. The van der Waals surface area contributed by atoms with Gasteiger partial charge in [-0.05, 0) is 32.6 Å². The molecule has 2 saturated carbocycles. The van der Waals surface area contributed by atoms with E-state index in [2.05, 4.69) is 10.3 Å². The van der Waals surface area contributed by atoms with Gasteiger partial charge in [-0.2, -0.15) is 0 Å². The number of hydrogen-bond acceptors (Lipinski definition) is 4. The van der Waals surface area contributed by atoms with E-state index in [1.54, 1.807) is 0 Å². The van der Waals surface area contributed by atoms with Gasteiger partial charge in [0.25, 0.3) is 0 Å². The molecule has 2 aliphatic carbocycles. The van der Waals surface area contributed by atoms with Crippen LogP contribution < -0.4 is 11.1 Å². The van der Waals surface area contributed by atoms with E-state index < -0.39 is 0 Å². The molecule has 2 aliphatic rings. The first-order valence-corrected chi connectivity index (χ1v) is 8.14. The zero-order chi connectivity index (χ0) is 13.9. The molecule has 1 heterocycles. The van der Waals surface area contributed by atoms with Crippen LogP contribution in [0.15, 0.2) is 0 Å². The molecule has 1 aromatic rings. The third-order valence-electron chi connectivity index (χ3n) is 4.59. The molecule has 0 aromatic carbocycles. The van der Waals surface area contributed by atoms with Crippen LogP contribution in [-0.4, -0.2) is 16.0 Å². The number of rotatable bonds is 3. The fourth-order valence-electron chi connectivity index (χ4n) is 3.01. The van der Waals surface area contributed by atoms with Crippen molar-refractivity contribution in [3.8, 4) is 0 Å². The lowest BCUT2D eigenvalue weighted by Gasteiger charge is -2.23. The van der Waals surface area contributed by atoms with Gasteiger partial charge in [-0.1, -0.05) is 32.1 Å².